The highest BCUT2D eigenvalue weighted by Gasteiger charge is 2.10. The fourth-order valence-corrected chi connectivity index (χ4v) is 4.30. The first-order valence-electron chi connectivity index (χ1n) is 14.3. The summed E-state index contributed by atoms with van der Waals surface area (Å²) in [7, 11) is 2.13. The van der Waals surface area contributed by atoms with Crippen molar-refractivity contribution in [1.29, 1.82) is 0 Å². The van der Waals surface area contributed by atoms with E-state index in [1.165, 1.54) is 37.1 Å². The molecule has 0 aromatic rings. The van der Waals surface area contributed by atoms with Gasteiger partial charge in [0.05, 0.1) is 19.8 Å². The first kappa shape index (κ1) is 32.5. The second kappa shape index (κ2) is 19.4. The molecule has 7 heteroatoms. The molecule has 0 unspecified atom stereocenters. The number of aliphatic imine (C=N–C) groups is 1. The number of ether oxygens (including phenoxy) is 2. The molecule has 4 aliphatic rings. The summed E-state index contributed by atoms with van der Waals surface area (Å²) in [5.41, 5.74) is 11.1. The summed E-state index contributed by atoms with van der Waals surface area (Å²) in [6.07, 6.45) is 21.7. The zero-order valence-corrected chi connectivity index (χ0v) is 24.6. The van der Waals surface area contributed by atoms with Crippen LogP contribution in [0, 0.1) is 0 Å². The van der Waals surface area contributed by atoms with Crippen molar-refractivity contribution in [2.75, 3.05) is 66.2 Å². The van der Waals surface area contributed by atoms with Gasteiger partial charge in [-0.05, 0) is 87.8 Å². The smallest absolute Gasteiger partial charge is 0.206 e. The molecule has 0 amide bonds. The molecule has 0 saturated carbocycles. The number of rotatable bonds is 4. The maximum atomic E-state index is 9.59. The van der Waals surface area contributed by atoms with Crippen LogP contribution in [0.25, 0.3) is 0 Å². The number of allylic oxidation sites excluding steroid dienone is 12. The molecule has 0 aromatic carbocycles. The number of aliphatic hydroxyl groups excluding tert-OH is 1. The van der Waals surface area contributed by atoms with Crippen LogP contribution in [0.2, 0.25) is 0 Å². The number of hydrogen-bond acceptors (Lipinski definition) is 7. The highest BCUT2D eigenvalue weighted by molar-refractivity contribution is 5.98. The second-order valence-electron chi connectivity index (χ2n) is 10.0. The van der Waals surface area contributed by atoms with E-state index in [1.807, 2.05) is 12.2 Å². The second-order valence-corrected chi connectivity index (χ2v) is 10.0. The molecule has 2 saturated heterocycles. The van der Waals surface area contributed by atoms with Crippen molar-refractivity contribution in [1.82, 2.24) is 9.80 Å². The van der Waals surface area contributed by atoms with Crippen LogP contribution in [-0.4, -0.2) is 86.8 Å². The van der Waals surface area contributed by atoms with Crippen molar-refractivity contribution >= 4 is 5.71 Å². The molecule has 0 bridgehead atoms. The molecule has 0 aromatic heterocycles. The molecule has 216 valence electrons. The van der Waals surface area contributed by atoms with E-state index < -0.39 is 0 Å². The molecule has 4 rings (SSSR count). The summed E-state index contributed by atoms with van der Waals surface area (Å²) < 4.78 is 10.4. The van der Waals surface area contributed by atoms with Gasteiger partial charge in [-0.2, -0.15) is 0 Å². The van der Waals surface area contributed by atoms with Crippen LogP contribution < -0.4 is 5.73 Å². The Bertz CT molecular complexity index is 966. The van der Waals surface area contributed by atoms with Crippen LogP contribution in [-0.2, 0) is 9.47 Å². The Morgan fingerprint density at radius 1 is 1.08 bits per heavy atom. The van der Waals surface area contributed by atoms with Crippen LogP contribution in [0.1, 0.15) is 46.5 Å². The van der Waals surface area contributed by atoms with Crippen LogP contribution in [0.15, 0.2) is 88.0 Å². The van der Waals surface area contributed by atoms with E-state index in [2.05, 4.69) is 66.1 Å². The van der Waals surface area contributed by atoms with Crippen molar-refractivity contribution in [3.8, 4) is 0 Å². The summed E-state index contributed by atoms with van der Waals surface area (Å²) in [6.45, 7) is 15.6. The lowest BCUT2D eigenvalue weighted by atomic mass is 10.0. The molecule has 2 fully saturated rings. The molecule has 7 nitrogen and oxygen atoms in total. The molecule has 0 atom stereocenters. The first-order chi connectivity index (χ1) is 18.9. The molecule has 2 aliphatic heterocycles. The van der Waals surface area contributed by atoms with E-state index in [0.29, 0.717) is 6.42 Å². The number of hydrogen-bond donors (Lipinski definition) is 2. The van der Waals surface area contributed by atoms with E-state index in [-0.39, 0.29) is 5.88 Å². The number of nitrogens with two attached hydrogens (primary N) is 1. The molecule has 39 heavy (non-hydrogen) atoms. The van der Waals surface area contributed by atoms with E-state index in [1.54, 1.807) is 19.2 Å². The van der Waals surface area contributed by atoms with Gasteiger partial charge in [0.15, 0.2) is 0 Å². The monoisotopic (exact) mass is 538 g/mol. The minimum atomic E-state index is 0.0228. The Morgan fingerprint density at radius 2 is 1.82 bits per heavy atom. The molecular weight excluding hydrogens is 488 g/mol. The quantitative estimate of drug-likeness (QED) is 0.462. The predicted octanol–water partition coefficient (Wildman–Crippen LogP) is 5.48. The minimum Gasteiger partial charge on any atom is -0.493 e. The van der Waals surface area contributed by atoms with Gasteiger partial charge in [-0.15, -0.1) is 0 Å². The van der Waals surface area contributed by atoms with Gasteiger partial charge >= 0.3 is 0 Å². The Morgan fingerprint density at radius 3 is 2.54 bits per heavy atom. The van der Waals surface area contributed by atoms with Crippen molar-refractivity contribution in [2.45, 2.75) is 46.5 Å². The predicted molar refractivity (Wildman–Crippen MR) is 164 cm³/mol. The van der Waals surface area contributed by atoms with Crippen molar-refractivity contribution in [3.63, 3.8) is 0 Å². The SMILES string of the molecule is C/C=C(O)\N=C1\C=CC(C2=CC=CC(C)=CC2)=C/C(=C/N)C1.CCCN1CCOCC1.CN1CCCOCC1. The Hall–Kier alpha value is -2.71. The van der Waals surface area contributed by atoms with Crippen molar-refractivity contribution in [2.24, 2.45) is 10.7 Å². The van der Waals surface area contributed by atoms with Crippen LogP contribution in [0.4, 0.5) is 0 Å². The van der Waals surface area contributed by atoms with Crippen molar-refractivity contribution < 1.29 is 14.6 Å². The third-order valence-corrected chi connectivity index (χ3v) is 6.67. The molecule has 3 N–H and O–H groups in total. The third-order valence-electron chi connectivity index (χ3n) is 6.67. The van der Waals surface area contributed by atoms with Gasteiger partial charge in [0.2, 0.25) is 5.88 Å². The average Bonchev–Trinajstić information content (AvgIpc) is 3.41. The van der Waals surface area contributed by atoms with Gasteiger partial charge in [-0.3, -0.25) is 4.90 Å². The summed E-state index contributed by atoms with van der Waals surface area (Å²) in [5, 5.41) is 9.59. The van der Waals surface area contributed by atoms with Crippen LogP contribution >= 0.6 is 0 Å². The average molecular weight is 539 g/mol. The number of likely N-dealkylation sites (N-methyl/N-ethyl adjacent to an activating group) is 1. The molecule has 0 spiro atoms. The zero-order valence-electron chi connectivity index (χ0n) is 24.6. The van der Waals surface area contributed by atoms with Gasteiger partial charge in [-0.1, -0.05) is 42.9 Å². The fourth-order valence-electron chi connectivity index (χ4n) is 4.30. The fraction of sp³-hybridized carbons (Fsp3) is 0.531. The minimum absolute atomic E-state index is 0.0228. The van der Waals surface area contributed by atoms with Gasteiger partial charge in [0, 0.05) is 44.9 Å². The van der Waals surface area contributed by atoms with E-state index in [4.69, 9.17) is 15.2 Å². The molecule has 0 radical (unpaired) electrons. The largest absolute Gasteiger partial charge is 0.493 e. The van der Waals surface area contributed by atoms with Gasteiger partial charge < -0.3 is 25.2 Å². The van der Waals surface area contributed by atoms with Crippen LogP contribution in [0.5, 0.6) is 0 Å². The normalized spacial score (nSPS) is 23.3. The third kappa shape index (κ3) is 13.8. The van der Waals surface area contributed by atoms with E-state index in [9.17, 15) is 5.11 Å². The lowest BCUT2D eigenvalue weighted by molar-refractivity contribution is 0.0380. The lowest BCUT2D eigenvalue weighted by Gasteiger charge is -2.25. The number of aliphatic hydroxyl groups is 1. The van der Waals surface area contributed by atoms with Gasteiger partial charge in [0.25, 0.3) is 0 Å². The first-order valence-corrected chi connectivity index (χ1v) is 14.3. The maximum Gasteiger partial charge on any atom is 0.206 e. The van der Waals surface area contributed by atoms with E-state index >= 15 is 0 Å². The summed E-state index contributed by atoms with van der Waals surface area (Å²) in [4.78, 5) is 8.94. The summed E-state index contributed by atoms with van der Waals surface area (Å²) >= 11 is 0. The van der Waals surface area contributed by atoms with Crippen LogP contribution in [0.3, 0.4) is 0 Å². The van der Waals surface area contributed by atoms with Crippen molar-refractivity contribution in [3.05, 3.63) is 83.0 Å². The Kier molecular flexibility index (Phi) is 16.1. The highest BCUT2D eigenvalue weighted by atomic mass is 16.5. The number of morpholine rings is 1. The maximum absolute atomic E-state index is 9.59. The van der Waals surface area contributed by atoms with Gasteiger partial charge in [-0.25, -0.2) is 4.99 Å². The zero-order chi connectivity index (χ0) is 28.3. The Labute approximate surface area is 236 Å². The highest BCUT2D eigenvalue weighted by Crippen LogP contribution is 2.25. The molecule has 2 heterocycles. The molecule has 2 aliphatic carbocycles. The summed E-state index contributed by atoms with van der Waals surface area (Å²) in [6, 6.07) is 0. The van der Waals surface area contributed by atoms with E-state index in [0.717, 1.165) is 69.3 Å². The molecular formula is C32H50N4O3. The number of nitrogens with zero attached hydrogens (tertiary/aromatic N) is 3. The standard InChI is InChI=1S/C19H22N2O.C7H15NO.C6H13NO/c1-3-19(22)21-18-10-9-17(11-15(12-18)13-20)16-6-4-5-14(2)7-8-16;1-2-3-8-4-6-9-7-5-8;1-7-3-2-5-8-6-4-7/h3-7,9-11,13,22H,8,12,20H2,1-2H3;2-7H2,1H3;2-6H2,1H3/b15-13-,19-3+,21-18-;;. The Balaban J connectivity index is 0.000000255. The summed E-state index contributed by atoms with van der Waals surface area (Å²) in [5.74, 6) is 0.0228. The lowest BCUT2D eigenvalue weighted by Crippen LogP contribution is -2.36. The van der Waals surface area contributed by atoms with Gasteiger partial charge in [0.1, 0.15) is 0 Å². The topological polar surface area (TPSA) is 83.5 Å².